The lowest BCUT2D eigenvalue weighted by molar-refractivity contribution is -0.0134. The Morgan fingerprint density at radius 1 is 0.500 bits per heavy atom. The van der Waals surface area contributed by atoms with Crippen LogP contribution in [0.5, 0.6) is 0 Å². The molecule has 0 aromatic carbocycles. The fraction of sp³-hybridized carbons (Fsp3) is 1.00. The number of hydrogen-bond donors (Lipinski definition) is 1. The Hall–Kier alpha value is -0.240. The van der Waals surface area contributed by atoms with E-state index in [0.29, 0.717) is 59.5 Å². The highest BCUT2D eigenvalue weighted by molar-refractivity contribution is 4.40. The highest BCUT2D eigenvalue weighted by atomic mass is 16.6. The summed E-state index contributed by atoms with van der Waals surface area (Å²) in [5.74, 6) is 0. The molecule has 22 heavy (non-hydrogen) atoms. The van der Waals surface area contributed by atoms with Crippen molar-refractivity contribution in [3.8, 4) is 0 Å². The van der Waals surface area contributed by atoms with Gasteiger partial charge in [-0.05, 0) is 6.42 Å². The summed E-state index contributed by atoms with van der Waals surface area (Å²) < 4.78 is 26.6. The van der Waals surface area contributed by atoms with Crippen LogP contribution in [0.4, 0.5) is 0 Å². The van der Waals surface area contributed by atoms with Crippen LogP contribution in [-0.2, 0) is 23.7 Å². The molecule has 0 fully saturated rings. The number of aliphatic hydroxyl groups is 1. The zero-order valence-corrected chi connectivity index (χ0v) is 14.1. The number of hydrogen-bond acceptors (Lipinski definition) is 6. The first-order chi connectivity index (χ1) is 10.9. The van der Waals surface area contributed by atoms with Gasteiger partial charge in [-0.2, -0.15) is 0 Å². The van der Waals surface area contributed by atoms with Gasteiger partial charge in [0.15, 0.2) is 0 Å². The molecule has 0 aromatic heterocycles. The highest BCUT2D eigenvalue weighted by Gasteiger charge is 1.93. The van der Waals surface area contributed by atoms with Crippen molar-refractivity contribution >= 4 is 0 Å². The van der Waals surface area contributed by atoms with Crippen LogP contribution < -0.4 is 0 Å². The van der Waals surface area contributed by atoms with Crippen molar-refractivity contribution in [2.75, 3.05) is 72.7 Å². The maximum Gasteiger partial charge on any atom is 0.0701 e. The molecule has 6 nitrogen and oxygen atoms in total. The van der Waals surface area contributed by atoms with Crippen molar-refractivity contribution in [2.24, 2.45) is 0 Å². The van der Waals surface area contributed by atoms with Gasteiger partial charge in [-0.25, -0.2) is 0 Å². The molecule has 0 bridgehead atoms. The van der Waals surface area contributed by atoms with Crippen LogP contribution in [0.15, 0.2) is 0 Å². The zero-order chi connectivity index (χ0) is 16.1. The molecule has 0 unspecified atom stereocenters. The van der Waals surface area contributed by atoms with Crippen molar-refractivity contribution in [2.45, 2.75) is 32.6 Å². The lowest BCUT2D eigenvalue weighted by Crippen LogP contribution is -2.13. The first-order valence-corrected chi connectivity index (χ1v) is 8.41. The molecule has 0 heterocycles. The standard InChI is InChI=1S/C16H34O6/c1-2-3-4-5-7-18-9-11-20-13-15-22-16-14-21-12-10-19-8-6-17/h17H,2-16H2,1H3. The number of aliphatic hydroxyl groups excluding tert-OH is 1. The molecule has 0 aliphatic heterocycles. The monoisotopic (exact) mass is 322 g/mol. The summed E-state index contributed by atoms with van der Waals surface area (Å²) in [4.78, 5) is 0. The summed E-state index contributed by atoms with van der Waals surface area (Å²) in [5, 5.41) is 8.50. The molecule has 0 aliphatic carbocycles. The molecule has 0 spiro atoms. The predicted octanol–water partition coefficient (Wildman–Crippen LogP) is 1.64. The van der Waals surface area contributed by atoms with E-state index < -0.39 is 0 Å². The van der Waals surface area contributed by atoms with E-state index >= 15 is 0 Å². The number of unbranched alkanes of at least 4 members (excludes halogenated alkanes) is 3. The molecular formula is C16H34O6. The van der Waals surface area contributed by atoms with Gasteiger partial charge >= 0.3 is 0 Å². The molecule has 0 saturated carbocycles. The molecular weight excluding hydrogens is 288 g/mol. The Labute approximate surface area is 135 Å². The number of rotatable bonds is 19. The van der Waals surface area contributed by atoms with Crippen molar-refractivity contribution < 1.29 is 28.8 Å². The van der Waals surface area contributed by atoms with Crippen molar-refractivity contribution in [1.29, 1.82) is 0 Å². The van der Waals surface area contributed by atoms with Gasteiger partial charge in [-0.1, -0.05) is 26.2 Å². The summed E-state index contributed by atoms with van der Waals surface area (Å²) in [5.41, 5.74) is 0. The van der Waals surface area contributed by atoms with Gasteiger partial charge < -0.3 is 28.8 Å². The van der Waals surface area contributed by atoms with Gasteiger partial charge in [0.2, 0.25) is 0 Å². The fourth-order valence-corrected chi connectivity index (χ4v) is 1.68. The summed E-state index contributed by atoms with van der Waals surface area (Å²) in [6, 6.07) is 0. The Morgan fingerprint density at radius 3 is 1.32 bits per heavy atom. The Balaban J connectivity index is 2.91. The van der Waals surface area contributed by atoms with Crippen LogP contribution in [0.3, 0.4) is 0 Å². The second-order valence-electron chi connectivity index (χ2n) is 4.85. The third kappa shape index (κ3) is 19.8. The summed E-state index contributed by atoms with van der Waals surface area (Å²) in [7, 11) is 0. The third-order valence-electron chi connectivity index (χ3n) is 2.87. The first kappa shape index (κ1) is 21.8. The van der Waals surface area contributed by atoms with Crippen LogP contribution in [0.2, 0.25) is 0 Å². The minimum atomic E-state index is 0.0486. The molecule has 0 amide bonds. The fourth-order valence-electron chi connectivity index (χ4n) is 1.68. The minimum absolute atomic E-state index is 0.0486. The lowest BCUT2D eigenvalue weighted by atomic mass is 10.2. The minimum Gasteiger partial charge on any atom is -0.394 e. The van der Waals surface area contributed by atoms with E-state index in [1.807, 2.05) is 0 Å². The van der Waals surface area contributed by atoms with E-state index in [9.17, 15) is 0 Å². The van der Waals surface area contributed by atoms with Gasteiger partial charge in [0.1, 0.15) is 0 Å². The molecule has 0 radical (unpaired) electrons. The van der Waals surface area contributed by atoms with Crippen LogP contribution in [0, 0.1) is 0 Å². The highest BCUT2D eigenvalue weighted by Crippen LogP contribution is 1.98. The van der Waals surface area contributed by atoms with Gasteiger partial charge in [-0.3, -0.25) is 0 Å². The average molecular weight is 322 g/mol. The topological polar surface area (TPSA) is 66.4 Å². The average Bonchev–Trinajstić information content (AvgIpc) is 2.54. The van der Waals surface area contributed by atoms with Gasteiger partial charge in [-0.15, -0.1) is 0 Å². The van der Waals surface area contributed by atoms with E-state index in [-0.39, 0.29) is 6.61 Å². The third-order valence-corrected chi connectivity index (χ3v) is 2.87. The molecule has 0 aromatic rings. The predicted molar refractivity (Wildman–Crippen MR) is 85.3 cm³/mol. The largest absolute Gasteiger partial charge is 0.394 e. The Bertz CT molecular complexity index is 171. The maximum absolute atomic E-state index is 8.50. The smallest absolute Gasteiger partial charge is 0.0701 e. The van der Waals surface area contributed by atoms with Gasteiger partial charge in [0.25, 0.3) is 0 Å². The van der Waals surface area contributed by atoms with Crippen LogP contribution in [0.25, 0.3) is 0 Å². The molecule has 6 heteroatoms. The molecule has 1 N–H and O–H groups in total. The molecule has 134 valence electrons. The van der Waals surface area contributed by atoms with Crippen molar-refractivity contribution in [3.63, 3.8) is 0 Å². The summed E-state index contributed by atoms with van der Waals surface area (Å²) in [6.45, 7) is 8.00. The van der Waals surface area contributed by atoms with Gasteiger partial charge in [0, 0.05) is 6.61 Å². The second kappa shape index (κ2) is 20.8. The first-order valence-electron chi connectivity index (χ1n) is 8.41. The Morgan fingerprint density at radius 2 is 0.909 bits per heavy atom. The molecule has 0 rings (SSSR count). The van der Waals surface area contributed by atoms with Gasteiger partial charge in [0.05, 0.1) is 66.1 Å². The zero-order valence-electron chi connectivity index (χ0n) is 14.1. The van der Waals surface area contributed by atoms with E-state index in [0.717, 1.165) is 13.0 Å². The van der Waals surface area contributed by atoms with E-state index in [1.165, 1.54) is 19.3 Å². The normalized spacial score (nSPS) is 11.2. The van der Waals surface area contributed by atoms with Crippen LogP contribution in [-0.4, -0.2) is 77.8 Å². The quantitative estimate of drug-likeness (QED) is 0.365. The second-order valence-corrected chi connectivity index (χ2v) is 4.85. The van der Waals surface area contributed by atoms with Crippen LogP contribution >= 0.6 is 0 Å². The number of ether oxygens (including phenoxy) is 5. The summed E-state index contributed by atoms with van der Waals surface area (Å²) >= 11 is 0. The van der Waals surface area contributed by atoms with Crippen molar-refractivity contribution in [1.82, 2.24) is 0 Å². The van der Waals surface area contributed by atoms with Crippen LogP contribution in [0.1, 0.15) is 32.6 Å². The van der Waals surface area contributed by atoms with E-state index in [1.54, 1.807) is 0 Å². The molecule has 0 aliphatic rings. The molecule has 0 saturated heterocycles. The van der Waals surface area contributed by atoms with Crippen molar-refractivity contribution in [3.05, 3.63) is 0 Å². The van der Waals surface area contributed by atoms with E-state index in [2.05, 4.69) is 6.92 Å². The lowest BCUT2D eigenvalue weighted by Gasteiger charge is -2.07. The van der Waals surface area contributed by atoms with E-state index in [4.69, 9.17) is 28.8 Å². The molecule has 0 atom stereocenters. The summed E-state index contributed by atoms with van der Waals surface area (Å²) in [6.07, 6.45) is 4.94. The maximum atomic E-state index is 8.50. The Kier molecular flexibility index (Phi) is 20.5. The SMILES string of the molecule is CCCCCCOCCOCCOCCOCCOCCO.